The molecule has 4 rings (SSSR count). The van der Waals surface area contributed by atoms with Crippen LogP contribution in [0.25, 0.3) is 22.5 Å². The first-order chi connectivity index (χ1) is 13.2. The largest absolute Gasteiger partial charge is 0.330 e. The molecule has 6 heteroatoms. The van der Waals surface area contributed by atoms with Crippen molar-refractivity contribution in [2.24, 2.45) is 0 Å². The van der Waals surface area contributed by atoms with Gasteiger partial charge in [0.05, 0.1) is 23.9 Å². The summed E-state index contributed by atoms with van der Waals surface area (Å²) in [5.74, 6) is 0. The van der Waals surface area contributed by atoms with Crippen molar-refractivity contribution in [1.29, 1.82) is 0 Å². The fraction of sp³-hybridized carbons (Fsp3) is 0.286. The van der Waals surface area contributed by atoms with Gasteiger partial charge in [-0.2, -0.15) is 11.1 Å². The first-order valence-corrected chi connectivity index (χ1v) is 9.42. The zero-order valence-corrected chi connectivity index (χ0v) is 15.8. The van der Waals surface area contributed by atoms with E-state index in [1.54, 1.807) is 0 Å². The van der Waals surface area contributed by atoms with Crippen molar-refractivity contribution in [3.8, 4) is 22.5 Å². The van der Waals surface area contributed by atoms with Crippen LogP contribution >= 0.6 is 0 Å². The lowest BCUT2D eigenvalue weighted by Crippen LogP contribution is -2.33. The smallest absolute Gasteiger partial charge is 0.0963 e. The van der Waals surface area contributed by atoms with Crippen LogP contribution in [0.3, 0.4) is 0 Å². The van der Waals surface area contributed by atoms with E-state index in [9.17, 15) is 0 Å². The average Bonchev–Trinajstić information content (AvgIpc) is 3.33. The van der Waals surface area contributed by atoms with Crippen LogP contribution in [0.4, 0.5) is 0 Å². The van der Waals surface area contributed by atoms with E-state index in [-0.39, 0.29) is 6.17 Å². The standard InChI is InChI=1S/C21H26N6/c1-15-8-6-9-16(2)19(15)21-20(17-10-4-3-5-11-17)22-14-27(21)13-7-12-18-23-25-26-24-18/h3-6,8-11,14,18,23-26H,7,12-13H2,1-2H3. The van der Waals surface area contributed by atoms with Crippen molar-refractivity contribution in [1.82, 2.24) is 31.5 Å². The minimum absolute atomic E-state index is 0.228. The Morgan fingerprint density at radius 2 is 1.63 bits per heavy atom. The van der Waals surface area contributed by atoms with Crippen LogP contribution in [0.15, 0.2) is 54.9 Å². The van der Waals surface area contributed by atoms with Gasteiger partial charge >= 0.3 is 0 Å². The Kier molecular flexibility index (Phi) is 5.31. The number of aromatic nitrogens is 2. The summed E-state index contributed by atoms with van der Waals surface area (Å²) < 4.78 is 2.30. The fourth-order valence-electron chi connectivity index (χ4n) is 3.70. The highest BCUT2D eigenvalue weighted by molar-refractivity contribution is 5.81. The average molecular weight is 362 g/mol. The number of aryl methyl sites for hydroxylation is 3. The maximum Gasteiger partial charge on any atom is 0.0963 e. The number of nitrogens with zero attached hydrogens (tertiary/aromatic N) is 2. The summed E-state index contributed by atoms with van der Waals surface area (Å²) in [5, 5.41) is 0. The Balaban J connectivity index is 1.70. The van der Waals surface area contributed by atoms with Crippen molar-refractivity contribution in [3.05, 3.63) is 66.0 Å². The third kappa shape index (κ3) is 3.79. The summed E-state index contributed by atoms with van der Waals surface area (Å²) in [6.45, 7) is 5.28. The molecule has 1 aromatic heterocycles. The number of rotatable bonds is 6. The van der Waals surface area contributed by atoms with E-state index >= 15 is 0 Å². The maximum atomic E-state index is 4.80. The zero-order valence-electron chi connectivity index (χ0n) is 15.8. The highest BCUT2D eigenvalue weighted by Gasteiger charge is 2.19. The zero-order chi connectivity index (χ0) is 18.6. The van der Waals surface area contributed by atoms with Gasteiger partial charge < -0.3 is 4.57 Å². The molecule has 0 aliphatic carbocycles. The van der Waals surface area contributed by atoms with Crippen LogP contribution in [0.1, 0.15) is 24.0 Å². The first kappa shape index (κ1) is 17.9. The van der Waals surface area contributed by atoms with Gasteiger partial charge in [-0.1, -0.05) is 48.5 Å². The van der Waals surface area contributed by atoms with Gasteiger partial charge in [-0.05, 0) is 37.8 Å². The lowest BCUT2D eigenvalue weighted by atomic mass is 9.96. The minimum atomic E-state index is 0.228. The Morgan fingerprint density at radius 1 is 0.926 bits per heavy atom. The number of hydrogen-bond acceptors (Lipinski definition) is 5. The highest BCUT2D eigenvalue weighted by atomic mass is 15.8. The Hall–Kier alpha value is -2.51. The third-order valence-corrected chi connectivity index (χ3v) is 5.05. The molecule has 0 spiro atoms. The van der Waals surface area contributed by atoms with Crippen LogP contribution in [0, 0.1) is 13.8 Å². The van der Waals surface area contributed by atoms with E-state index in [1.165, 1.54) is 22.4 Å². The molecule has 1 aliphatic heterocycles. The van der Waals surface area contributed by atoms with Gasteiger partial charge in [0.1, 0.15) is 0 Å². The van der Waals surface area contributed by atoms with Crippen molar-refractivity contribution in [2.45, 2.75) is 39.4 Å². The molecule has 1 fully saturated rings. The SMILES string of the molecule is Cc1cccc(C)c1-c1c(-c2ccccc2)ncn1CCCC1NNNN1. The second-order valence-corrected chi connectivity index (χ2v) is 7.00. The molecule has 2 heterocycles. The van der Waals surface area contributed by atoms with Gasteiger partial charge in [0, 0.05) is 17.7 Å². The number of benzene rings is 2. The number of hydrazine groups is 3. The normalized spacial score (nSPS) is 14.7. The van der Waals surface area contributed by atoms with Crippen LogP contribution in [0.5, 0.6) is 0 Å². The molecule has 27 heavy (non-hydrogen) atoms. The topological polar surface area (TPSA) is 65.9 Å². The molecule has 0 atom stereocenters. The Bertz CT molecular complexity index is 876. The van der Waals surface area contributed by atoms with E-state index in [0.29, 0.717) is 0 Å². The summed E-state index contributed by atoms with van der Waals surface area (Å²) >= 11 is 0. The Labute approximate surface area is 159 Å². The van der Waals surface area contributed by atoms with Crippen LogP contribution in [0.2, 0.25) is 0 Å². The molecule has 6 nitrogen and oxygen atoms in total. The van der Waals surface area contributed by atoms with Crippen molar-refractivity contribution < 1.29 is 0 Å². The van der Waals surface area contributed by atoms with Crippen LogP contribution in [-0.2, 0) is 6.54 Å². The van der Waals surface area contributed by atoms with Gasteiger partial charge in [0.25, 0.3) is 0 Å². The molecule has 2 aromatic carbocycles. The van der Waals surface area contributed by atoms with Crippen molar-refractivity contribution in [2.75, 3.05) is 0 Å². The molecule has 3 aromatic rings. The number of imidazole rings is 1. The van der Waals surface area contributed by atoms with Gasteiger partial charge in [0.2, 0.25) is 0 Å². The van der Waals surface area contributed by atoms with Crippen LogP contribution in [-0.4, -0.2) is 15.7 Å². The van der Waals surface area contributed by atoms with Gasteiger partial charge in [-0.15, -0.1) is 0 Å². The summed E-state index contributed by atoms with van der Waals surface area (Å²) in [6.07, 6.45) is 4.25. The number of nitrogens with one attached hydrogen (secondary N) is 4. The monoisotopic (exact) mass is 362 g/mol. The summed E-state index contributed by atoms with van der Waals surface area (Å²) in [6, 6.07) is 16.9. The second-order valence-electron chi connectivity index (χ2n) is 7.00. The molecule has 1 aliphatic rings. The molecule has 1 saturated heterocycles. The van der Waals surface area contributed by atoms with Crippen LogP contribution < -0.4 is 21.9 Å². The minimum Gasteiger partial charge on any atom is -0.330 e. The molecule has 140 valence electrons. The molecule has 0 saturated carbocycles. The molecular weight excluding hydrogens is 336 g/mol. The molecule has 0 bridgehead atoms. The lowest BCUT2D eigenvalue weighted by molar-refractivity contribution is 0.453. The van der Waals surface area contributed by atoms with Gasteiger partial charge in [-0.3, -0.25) is 0 Å². The highest BCUT2D eigenvalue weighted by Crippen LogP contribution is 2.35. The quantitative estimate of drug-likeness (QED) is 0.543. The lowest BCUT2D eigenvalue weighted by Gasteiger charge is -2.16. The van der Waals surface area contributed by atoms with E-state index in [1.807, 2.05) is 12.4 Å². The molecule has 0 radical (unpaired) electrons. The summed E-state index contributed by atoms with van der Waals surface area (Å²) in [7, 11) is 0. The molecule has 0 amide bonds. The van der Waals surface area contributed by atoms with E-state index in [2.05, 4.69) is 82.8 Å². The first-order valence-electron chi connectivity index (χ1n) is 9.42. The maximum absolute atomic E-state index is 4.80. The fourth-order valence-corrected chi connectivity index (χ4v) is 3.70. The predicted octanol–water partition coefficient (Wildman–Crippen LogP) is 3.06. The predicted molar refractivity (Wildman–Crippen MR) is 108 cm³/mol. The molecule has 4 N–H and O–H groups in total. The third-order valence-electron chi connectivity index (χ3n) is 5.05. The van der Waals surface area contributed by atoms with E-state index in [4.69, 9.17) is 4.98 Å². The van der Waals surface area contributed by atoms with Crippen molar-refractivity contribution in [3.63, 3.8) is 0 Å². The van der Waals surface area contributed by atoms with Gasteiger partial charge in [0.15, 0.2) is 0 Å². The number of hydrogen-bond donors (Lipinski definition) is 4. The second kappa shape index (κ2) is 8.02. The van der Waals surface area contributed by atoms with E-state index in [0.717, 1.165) is 30.6 Å². The molecule has 0 unspecified atom stereocenters. The van der Waals surface area contributed by atoms with E-state index < -0.39 is 0 Å². The Morgan fingerprint density at radius 3 is 2.33 bits per heavy atom. The molecular formula is C21H26N6. The van der Waals surface area contributed by atoms with Gasteiger partial charge in [-0.25, -0.2) is 15.8 Å². The summed E-state index contributed by atoms with van der Waals surface area (Å²) in [5.41, 5.74) is 19.3. The summed E-state index contributed by atoms with van der Waals surface area (Å²) in [4.78, 5) is 4.80. The van der Waals surface area contributed by atoms with Crippen molar-refractivity contribution >= 4 is 0 Å².